The third-order valence-electron chi connectivity index (χ3n) is 4.84. The molecule has 11 heteroatoms. The van der Waals surface area contributed by atoms with Crippen molar-refractivity contribution in [3.05, 3.63) is 91.8 Å². The smallest absolute Gasteiger partial charge is 0.342 e. The van der Waals surface area contributed by atoms with Gasteiger partial charge in [0.25, 0.3) is 0 Å². The lowest BCUT2D eigenvalue weighted by Crippen LogP contribution is -2.00. The second kappa shape index (κ2) is 11.7. The zero-order valence-electron chi connectivity index (χ0n) is 18.7. The summed E-state index contributed by atoms with van der Waals surface area (Å²) in [5, 5.41) is 18.5. The Hall–Kier alpha value is -3.17. The Morgan fingerprint density at radius 3 is 2.47 bits per heavy atom. The highest BCUT2D eigenvalue weighted by molar-refractivity contribution is 8.04. The first-order valence-electron chi connectivity index (χ1n) is 10.4. The van der Waals surface area contributed by atoms with Crippen LogP contribution in [-0.2, 0) is 11.4 Å². The van der Waals surface area contributed by atoms with Gasteiger partial charge in [0.05, 0.1) is 12.7 Å². The Kier molecular flexibility index (Phi) is 8.43. The van der Waals surface area contributed by atoms with Crippen molar-refractivity contribution in [1.82, 2.24) is 15.2 Å². The fourth-order valence-corrected chi connectivity index (χ4v) is 4.47. The molecule has 2 N–H and O–H groups in total. The first-order valence-corrected chi connectivity index (χ1v) is 12.3. The lowest BCUT2D eigenvalue weighted by atomic mass is 10.2. The fourth-order valence-electron chi connectivity index (χ4n) is 3.20. The number of hydrogen-bond acceptors (Lipinski definition) is 6. The van der Waals surface area contributed by atoms with E-state index in [2.05, 4.69) is 15.2 Å². The van der Waals surface area contributed by atoms with Gasteiger partial charge in [-0.15, -0.1) is 5.10 Å². The van der Waals surface area contributed by atoms with E-state index in [1.54, 1.807) is 48.5 Å². The summed E-state index contributed by atoms with van der Waals surface area (Å²) in [4.78, 5) is 16.4. The van der Waals surface area contributed by atoms with Crippen molar-refractivity contribution in [1.29, 1.82) is 0 Å². The second-order valence-corrected chi connectivity index (χ2v) is 9.65. The Labute approximate surface area is 226 Å². The molecule has 0 fully saturated rings. The number of rotatable bonds is 9. The standard InChI is InChI=1S/C25H18Cl3N3O4S/c1-34-21-8-6-18(28)12-19(21)23-29-25(31-30-23)36-22(24(32)33)11-15-10-17(27)5-7-20(15)35-13-14-3-2-4-16(26)9-14/h2-12H,13H2,1H3,(H,32,33)(H,29,30,31)/b22-11-. The number of ether oxygens (including phenoxy) is 2. The van der Waals surface area contributed by atoms with Crippen molar-refractivity contribution >= 4 is 58.6 Å². The second-order valence-electron chi connectivity index (χ2n) is 7.33. The summed E-state index contributed by atoms with van der Waals surface area (Å²) in [5.41, 5.74) is 1.95. The summed E-state index contributed by atoms with van der Waals surface area (Å²) >= 11 is 19.2. The van der Waals surface area contributed by atoms with Crippen LogP contribution < -0.4 is 9.47 Å². The Balaban J connectivity index is 1.60. The molecule has 1 heterocycles. The Morgan fingerprint density at radius 2 is 1.75 bits per heavy atom. The van der Waals surface area contributed by atoms with E-state index >= 15 is 0 Å². The van der Waals surface area contributed by atoms with Crippen molar-refractivity contribution in [3.63, 3.8) is 0 Å². The number of carboxylic acid groups (broad SMARTS) is 1. The van der Waals surface area contributed by atoms with Gasteiger partial charge in [0.2, 0.25) is 5.16 Å². The summed E-state index contributed by atoms with van der Waals surface area (Å²) in [6.45, 7) is 0.240. The van der Waals surface area contributed by atoms with Crippen molar-refractivity contribution in [2.24, 2.45) is 0 Å². The predicted octanol–water partition coefficient (Wildman–Crippen LogP) is 7.24. The van der Waals surface area contributed by atoms with E-state index in [1.807, 2.05) is 12.1 Å². The van der Waals surface area contributed by atoms with Crippen molar-refractivity contribution in [2.75, 3.05) is 7.11 Å². The topological polar surface area (TPSA) is 97.3 Å². The van der Waals surface area contributed by atoms with Crippen LogP contribution in [0, 0.1) is 0 Å². The van der Waals surface area contributed by atoms with Gasteiger partial charge in [-0.1, -0.05) is 46.9 Å². The van der Waals surface area contributed by atoms with Crippen LogP contribution in [0.4, 0.5) is 0 Å². The molecule has 36 heavy (non-hydrogen) atoms. The van der Waals surface area contributed by atoms with Gasteiger partial charge in [0.15, 0.2) is 5.82 Å². The SMILES string of the molecule is COc1ccc(Cl)cc1-c1nc(S/C(=C\c2cc(Cl)ccc2OCc2cccc(Cl)c2)C(=O)O)n[nH]1. The van der Waals surface area contributed by atoms with Crippen LogP contribution >= 0.6 is 46.6 Å². The van der Waals surface area contributed by atoms with Gasteiger partial charge in [0.1, 0.15) is 23.0 Å². The van der Waals surface area contributed by atoms with Gasteiger partial charge in [-0.25, -0.2) is 9.78 Å². The van der Waals surface area contributed by atoms with Crippen LogP contribution in [0.15, 0.2) is 70.7 Å². The Morgan fingerprint density at radius 1 is 1.03 bits per heavy atom. The van der Waals surface area contributed by atoms with Crippen LogP contribution in [0.1, 0.15) is 11.1 Å². The number of hydrogen-bond donors (Lipinski definition) is 2. The normalized spacial score (nSPS) is 11.4. The Bertz CT molecular complexity index is 1440. The zero-order valence-corrected chi connectivity index (χ0v) is 21.8. The summed E-state index contributed by atoms with van der Waals surface area (Å²) in [6, 6.07) is 17.3. The number of nitrogens with one attached hydrogen (secondary N) is 1. The minimum atomic E-state index is -1.16. The molecule has 0 amide bonds. The molecule has 0 aliphatic rings. The van der Waals surface area contributed by atoms with E-state index in [4.69, 9.17) is 44.3 Å². The highest BCUT2D eigenvalue weighted by Gasteiger charge is 2.17. The third kappa shape index (κ3) is 6.53. The number of aromatic nitrogens is 3. The van der Waals surface area contributed by atoms with Crippen LogP contribution in [0.3, 0.4) is 0 Å². The van der Waals surface area contributed by atoms with Crippen LogP contribution in [-0.4, -0.2) is 33.4 Å². The monoisotopic (exact) mass is 561 g/mol. The van der Waals surface area contributed by atoms with Crippen molar-refractivity contribution in [3.8, 4) is 22.9 Å². The summed E-state index contributed by atoms with van der Waals surface area (Å²) in [6.07, 6.45) is 1.46. The highest BCUT2D eigenvalue weighted by atomic mass is 35.5. The molecule has 0 spiro atoms. The molecule has 0 aliphatic carbocycles. The minimum Gasteiger partial charge on any atom is -0.496 e. The quantitative estimate of drug-likeness (QED) is 0.164. The van der Waals surface area contributed by atoms with Gasteiger partial charge in [-0.2, -0.15) is 0 Å². The first kappa shape index (κ1) is 25.9. The van der Waals surface area contributed by atoms with Crippen LogP contribution in [0.2, 0.25) is 15.1 Å². The average molecular weight is 563 g/mol. The molecule has 0 bridgehead atoms. The number of thioether (sulfide) groups is 1. The zero-order chi connectivity index (χ0) is 25.7. The molecular weight excluding hydrogens is 545 g/mol. The molecule has 7 nitrogen and oxygen atoms in total. The summed E-state index contributed by atoms with van der Waals surface area (Å²) in [7, 11) is 1.53. The maximum atomic E-state index is 12.1. The molecule has 4 aromatic rings. The number of methoxy groups -OCH3 is 1. The van der Waals surface area contributed by atoms with E-state index < -0.39 is 5.97 Å². The summed E-state index contributed by atoms with van der Waals surface area (Å²) < 4.78 is 11.3. The summed E-state index contributed by atoms with van der Waals surface area (Å²) in [5.74, 6) is 0.224. The van der Waals surface area contributed by atoms with E-state index in [9.17, 15) is 9.90 Å². The number of nitrogens with zero attached hydrogens (tertiary/aromatic N) is 2. The number of carbonyl (C=O) groups is 1. The van der Waals surface area contributed by atoms with E-state index in [-0.39, 0.29) is 16.7 Å². The van der Waals surface area contributed by atoms with Crippen LogP contribution in [0.25, 0.3) is 17.5 Å². The van der Waals surface area contributed by atoms with Crippen LogP contribution in [0.5, 0.6) is 11.5 Å². The number of halogens is 3. The first-order chi connectivity index (χ1) is 17.3. The van der Waals surface area contributed by atoms with E-state index in [0.717, 1.165) is 17.3 Å². The number of carboxylic acids is 1. The number of aliphatic carboxylic acids is 1. The minimum absolute atomic E-state index is 0.0338. The lowest BCUT2D eigenvalue weighted by Gasteiger charge is -2.11. The fraction of sp³-hybridized carbons (Fsp3) is 0.0800. The molecule has 0 saturated carbocycles. The highest BCUT2D eigenvalue weighted by Crippen LogP contribution is 2.34. The molecule has 4 rings (SSSR count). The molecule has 184 valence electrons. The van der Waals surface area contributed by atoms with Crippen molar-refractivity contribution in [2.45, 2.75) is 11.8 Å². The molecule has 1 aromatic heterocycles. The third-order valence-corrected chi connectivity index (χ3v) is 6.42. The van der Waals surface area contributed by atoms with Gasteiger partial charge in [0, 0.05) is 20.6 Å². The molecule has 0 saturated heterocycles. The molecule has 3 aromatic carbocycles. The predicted molar refractivity (Wildman–Crippen MR) is 142 cm³/mol. The number of aromatic amines is 1. The molecular formula is C25H18Cl3N3O4S. The van der Waals surface area contributed by atoms with E-state index in [0.29, 0.717) is 43.5 Å². The van der Waals surface area contributed by atoms with Gasteiger partial charge >= 0.3 is 5.97 Å². The largest absolute Gasteiger partial charge is 0.496 e. The molecule has 0 radical (unpaired) electrons. The lowest BCUT2D eigenvalue weighted by molar-refractivity contribution is -0.131. The maximum absolute atomic E-state index is 12.1. The van der Waals surface area contributed by atoms with Gasteiger partial charge in [-0.05, 0) is 71.9 Å². The number of H-pyrrole nitrogens is 1. The molecule has 0 aliphatic heterocycles. The maximum Gasteiger partial charge on any atom is 0.342 e. The van der Waals surface area contributed by atoms with E-state index in [1.165, 1.54) is 13.2 Å². The van der Waals surface area contributed by atoms with Gasteiger partial charge in [-0.3, -0.25) is 5.10 Å². The molecule has 0 unspecified atom stereocenters. The number of benzene rings is 3. The van der Waals surface area contributed by atoms with Crippen molar-refractivity contribution < 1.29 is 19.4 Å². The molecule has 0 atom stereocenters. The van der Waals surface area contributed by atoms with Gasteiger partial charge < -0.3 is 14.6 Å². The average Bonchev–Trinajstić information content (AvgIpc) is 3.31.